The highest BCUT2D eigenvalue weighted by Gasteiger charge is 2.15. The van der Waals surface area contributed by atoms with Crippen LogP contribution in [0, 0.1) is 0 Å². The third-order valence-electron chi connectivity index (χ3n) is 3.53. The second kappa shape index (κ2) is 7.48. The van der Waals surface area contributed by atoms with Gasteiger partial charge in [-0.05, 0) is 37.5 Å². The molecule has 2 aromatic carbocycles. The minimum Gasteiger partial charge on any atom is -0.366 e. The Morgan fingerprint density at radius 3 is 2.43 bits per heavy atom. The first kappa shape index (κ1) is 15.9. The summed E-state index contributed by atoms with van der Waals surface area (Å²) in [5.41, 5.74) is 9.59. The van der Waals surface area contributed by atoms with Crippen molar-refractivity contribution < 1.29 is 0 Å². The van der Waals surface area contributed by atoms with Crippen molar-refractivity contribution >= 4 is 17.3 Å². The monoisotopic (exact) mass is 302 g/mol. The van der Waals surface area contributed by atoms with Gasteiger partial charge in [0, 0.05) is 19.1 Å². The van der Waals surface area contributed by atoms with Gasteiger partial charge in [-0.3, -0.25) is 0 Å². The van der Waals surface area contributed by atoms with Crippen LogP contribution >= 0.6 is 11.6 Å². The summed E-state index contributed by atoms with van der Waals surface area (Å²) in [7, 11) is 0. The zero-order chi connectivity index (χ0) is 15.2. The van der Waals surface area contributed by atoms with Crippen molar-refractivity contribution in [2.45, 2.75) is 32.9 Å². The van der Waals surface area contributed by atoms with Crippen molar-refractivity contribution in [3.8, 4) is 0 Å². The van der Waals surface area contributed by atoms with Gasteiger partial charge in [0.1, 0.15) is 0 Å². The second-order valence-electron chi connectivity index (χ2n) is 5.43. The third-order valence-corrected chi connectivity index (χ3v) is 3.83. The molecule has 1 atom stereocenters. The van der Waals surface area contributed by atoms with Gasteiger partial charge in [0.05, 0.1) is 10.7 Å². The number of hydrogen-bond acceptors (Lipinski definition) is 2. The zero-order valence-corrected chi connectivity index (χ0v) is 13.5. The number of anilines is 1. The van der Waals surface area contributed by atoms with Gasteiger partial charge in [-0.15, -0.1) is 0 Å². The SMILES string of the molecule is CCN(Cc1ccccc1)c1c(Cl)cccc1CC(C)N. The summed E-state index contributed by atoms with van der Waals surface area (Å²) in [6, 6.07) is 16.7. The molecule has 0 aromatic heterocycles. The molecule has 21 heavy (non-hydrogen) atoms. The molecule has 2 nitrogen and oxygen atoms in total. The van der Waals surface area contributed by atoms with Gasteiger partial charge in [-0.2, -0.15) is 0 Å². The van der Waals surface area contributed by atoms with Crippen LogP contribution in [0.2, 0.25) is 5.02 Å². The van der Waals surface area contributed by atoms with Crippen LogP contribution in [-0.4, -0.2) is 12.6 Å². The molecule has 0 saturated carbocycles. The van der Waals surface area contributed by atoms with Crippen molar-refractivity contribution in [2.24, 2.45) is 5.73 Å². The first-order valence-electron chi connectivity index (χ1n) is 7.43. The van der Waals surface area contributed by atoms with Crippen molar-refractivity contribution in [3.05, 3.63) is 64.7 Å². The van der Waals surface area contributed by atoms with Gasteiger partial charge in [-0.25, -0.2) is 0 Å². The molecule has 0 radical (unpaired) electrons. The summed E-state index contributed by atoms with van der Waals surface area (Å²) in [6.45, 7) is 5.94. The fraction of sp³-hybridized carbons (Fsp3) is 0.333. The lowest BCUT2D eigenvalue weighted by Crippen LogP contribution is -2.26. The Morgan fingerprint density at radius 1 is 1.10 bits per heavy atom. The average molecular weight is 303 g/mol. The molecule has 2 N–H and O–H groups in total. The summed E-state index contributed by atoms with van der Waals surface area (Å²) in [5.74, 6) is 0. The van der Waals surface area contributed by atoms with E-state index in [1.165, 1.54) is 11.1 Å². The van der Waals surface area contributed by atoms with Gasteiger partial charge >= 0.3 is 0 Å². The van der Waals surface area contributed by atoms with E-state index in [0.717, 1.165) is 30.2 Å². The standard InChI is InChI=1S/C18H23ClN2/c1-3-21(13-15-8-5-4-6-9-15)18-16(12-14(2)20)10-7-11-17(18)19/h4-11,14H,3,12-13,20H2,1-2H3. The number of para-hydroxylation sites is 1. The molecule has 2 aromatic rings. The van der Waals surface area contributed by atoms with E-state index in [1.807, 2.05) is 25.1 Å². The maximum absolute atomic E-state index is 6.47. The molecule has 112 valence electrons. The van der Waals surface area contributed by atoms with E-state index in [-0.39, 0.29) is 6.04 Å². The Morgan fingerprint density at radius 2 is 1.81 bits per heavy atom. The molecule has 0 spiro atoms. The summed E-state index contributed by atoms with van der Waals surface area (Å²) < 4.78 is 0. The molecule has 0 aliphatic rings. The van der Waals surface area contributed by atoms with Crippen LogP contribution in [0.25, 0.3) is 0 Å². The molecular formula is C18H23ClN2. The minimum absolute atomic E-state index is 0.123. The number of rotatable bonds is 6. The predicted octanol–water partition coefficient (Wildman–Crippen LogP) is 4.26. The van der Waals surface area contributed by atoms with Crippen LogP contribution in [0.1, 0.15) is 25.0 Å². The van der Waals surface area contributed by atoms with Gasteiger partial charge < -0.3 is 10.6 Å². The highest BCUT2D eigenvalue weighted by atomic mass is 35.5. The minimum atomic E-state index is 0.123. The molecule has 0 amide bonds. The lowest BCUT2D eigenvalue weighted by Gasteiger charge is -2.27. The molecular weight excluding hydrogens is 280 g/mol. The van der Waals surface area contributed by atoms with Crippen LogP contribution in [0.15, 0.2) is 48.5 Å². The summed E-state index contributed by atoms with van der Waals surface area (Å²) in [4.78, 5) is 2.31. The van der Waals surface area contributed by atoms with Crippen molar-refractivity contribution in [1.82, 2.24) is 0 Å². The number of hydrogen-bond donors (Lipinski definition) is 1. The lowest BCUT2D eigenvalue weighted by molar-refractivity contribution is 0.729. The Kier molecular flexibility index (Phi) is 5.66. The van der Waals surface area contributed by atoms with Crippen molar-refractivity contribution in [3.63, 3.8) is 0 Å². The van der Waals surface area contributed by atoms with Gasteiger partial charge in [0.2, 0.25) is 0 Å². The van der Waals surface area contributed by atoms with E-state index in [0.29, 0.717) is 0 Å². The Labute approximate surface area is 132 Å². The first-order valence-corrected chi connectivity index (χ1v) is 7.81. The molecule has 0 aliphatic heterocycles. The van der Waals surface area contributed by atoms with Crippen molar-refractivity contribution in [1.29, 1.82) is 0 Å². The number of benzene rings is 2. The van der Waals surface area contributed by atoms with Crippen LogP contribution in [0.3, 0.4) is 0 Å². The normalized spacial score (nSPS) is 12.2. The maximum atomic E-state index is 6.47. The molecule has 0 fully saturated rings. The Balaban J connectivity index is 2.32. The maximum Gasteiger partial charge on any atom is 0.0642 e. The van der Waals surface area contributed by atoms with Crippen LogP contribution < -0.4 is 10.6 Å². The predicted molar refractivity (Wildman–Crippen MR) is 92.0 cm³/mol. The van der Waals surface area contributed by atoms with E-state index in [4.69, 9.17) is 17.3 Å². The second-order valence-corrected chi connectivity index (χ2v) is 5.84. The molecule has 1 unspecified atom stereocenters. The fourth-order valence-corrected chi connectivity index (χ4v) is 2.89. The van der Waals surface area contributed by atoms with Crippen LogP contribution in [-0.2, 0) is 13.0 Å². The zero-order valence-electron chi connectivity index (χ0n) is 12.7. The third kappa shape index (κ3) is 4.23. The highest BCUT2D eigenvalue weighted by molar-refractivity contribution is 6.33. The average Bonchev–Trinajstić information content (AvgIpc) is 2.46. The smallest absolute Gasteiger partial charge is 0.0642 e. The van der Waals surface area contributed by atoms with E-state index in [9.17, 15) is 0 Å². The van der Waals surface area contributed by atoms with Gasteiger partial charge in [0.15, 0.2) is 0 Å². The Bertz CT molecular complexity index is 567. The van der Waals surface area contributed by atoms with Crippen molar-refractivity contribution in [2.75, 3.05) is 11.4 Å². The van der Waals surface area contributed by atoms with Gasteiger partial charge in [-0.1, -0.05) is 54.1 Å². The van der Waals surface area contributed by atoms with Gasteiger partial charge in [0.25, 0.3) is 0 Å². The number of halogens is 1. The summed E-state index contributed by atoms with van der Waals surface area (Å²) >= 11 is 6.47. The van der Waals surface area contributed by atoms with E-state index >= 15 is 0 Å². The molecule has 0 bridgehead atoms. The molecule has 2 rings (SSSR count). The molecule has 0 heterocycles. The summed E-state index contributed by atoms with van der Waals surface area (Å²) in [5, 5.41) is 0.797. The number of nitrogens with zero attached hydrogens (tertiary/aromatic N) is 1. The molecule has 0 aliphatic carbocycles. The van der Waals surface area contributed by atoms with Crippen LogP contribution in [0.4, 0.5) is 5.69 Å². The molecule has 0 saturated heterocycles. The topological polar surface area (TPSA) is 29.3 Å². The summed E-state index contributed by atoms with van der Waals surface area (Å²) in [6.07, 6.45) is 0.835. The first-order chi connectivity index (χ1) is 10.1. The largest absolute Gasteiger partial charge is 0.366 e. The van der Waals surface area contributed by atoms with E-state index < -0.39 is 0 Å². The highest BCUT2D eigenvalue weighted by Crippen LogP contribution is 2.31. The Hall–Kier alpha value is -1.51. The van der Waals surface area contributed by atoms with Crippen LogP contribution in [0.5, 0.6) is 0 Å². The quantitative estimate of drug-likeness (QED) is 0.864. The fourth-order valence-electron chi connectivity index (χ4n) is 2.58. The van der Waals surface area contributed by atoms with E-state index in [2.05, 4.69) is 42.2 Å². The lowest BCUT2D eigenvalue weighted by atomic mass is 10.0. The molecule has 3 heteroatoms. The van der Waals surface area contributed by atoms with E-state index in [1.54, 1.807) is 0 Å². The number of nitrogens with two attached hydrogens (primary N) is 1.